The smallest absolute Gasteiger partial charge is 0.180 e. The van der Waals surface area contributed by atoms with Crippen LogP contribution in [0.25, 0.3) is 0 Å². The summed E-state index contributed by atoms with van der Waals surface area (Å²) < 4.78 is 23.0. The molecule has 0 aromatic rings. The fourth-order valence-electron chi connectivity index (χ4n) is 2.46. The van der Waals surface area contributed by atoms with Gasteiger partial charge in [-0.3, -0.25) is 0 Å². The predicted molar refractivity (Wildman–Crippen MR) is 95.4 cm³/mol. The van der Waals surface area contributed by atoms with E-state index in [2.05, 4.69) is 26.8 Å². The zero-order valence-corrected chi connectivity index (χ0v) is 16.1. The average molecular weight is 328 g/mol. The van der Waals surface area contributed by atoms with Crippen LogP contribution in [0.3, 0.4) is 0 Å². The summed E-state index contributed by atoms with van der Waals surface area (Å²) in [6.07, 6.45) is 3.38. The average Bonchev–Trinajstić information content (AvgIpc) is 2.53. The summed E-state index contributed by atoms with van der Waals surface area (Å²) in [7, 11) is 0. The summed E-state index contributed by atoms with van der Waals surface area (Å²) in [5, 5.41) is 0. The third kappa shape index (κ3) is 8.11. The Morgan fingerprint density at radius 2 is 1.13 bits per heavy atom. The molecule has 0 fully saturated rings. The molecule has 136 valence electrons. The Balaban J connectivity index is 5.51. The topological polar surface area (TPSA) is 36.9 Å². The highest BCUT2D eigenvalue weighted by Gasteiger charge is 2.17. The van der Waals surface area contributed by atoms with Gasteiger partial charge in [-0.25, -0.2) is 0 Å². The van der Waals surface area contributed by atoms with E-state index in [0.29, 0.717) is 26.4 Å². The van der Waals surface area contributed by atoms with Gasteiger partial charge in [-0.2, -0.15) is 0 Å². The van der Waals surface area contributed by atoms with Gasteiger partial charge in [-0.15, -0.1) is 0 Å². The van der Waals surface area contributed by atoms with Crippen molar-refractivity contribution in [2.24, 2.45) is 0 Å². The molecule has 0 aliphatic carbocycles. The van der Waals surface area contributed by atoms with Crippen molar-refractivity contribution in [2.75, 3.05) is 26.4 Å². The molecule has 0 saturated carbocycles. The molecule has 0 radical (unpaired) electrons. The van der Waals surface area contributed by atoms with Crippen LogP contribution in [0.2, 0.25) is 0 Å². The summed E-state index contributed by atoms with van der Waals surface area (Å²) in [5.41, 5.74) is 3.48. The summed E-state index contributed by atoms with van der Waals surface area (Å²) >= 11 is 0. The van der Waals surface area contributed by atoms with Crippen molar-refractivity contribution in [3.63, 3.8) is 0 Å². The Kier molecular flexibility index (Phi) is 13.3. The molecule has 0 aliphatic rings. The highest BCUT2D eigenvalue weighted by molar-refractivity contribution is 5.29. The van der Waals surface area contributed by atoms with E-state index in [4.69, 9.17) is 18.9 Å². The molecule has 0 aliphatic heterocycles. The first-order valence-corrected chi connectivity index (χ1v) is 8.95. The third-order valence-corrected chi connectivity index (χ3v) is 3.56. The molecule has 0 heterocycles. The Morgan fingerprint density at radius 3 is 1.48 bits per heavy atom. The lowest BCUT2D eigenvalue weighted by atomic mass is 10.0. The van der Waals surface area contributed by atoms with Crippen LogP contribution in [-0.2, 0) is 18.9 Å². The van der Waals surface area contributed by atoms with Crippen LogP contribution in [-0.4, -0.2) is 39.0 Å². The van der Waals surface area contributed by atoms with E-state index < -0.39 is 0 Å². The third-order valence-electron chi connectivity index (χ3n) is 3.56. The maximum atomic E-state index is 5.76. The van der Waals surface area contributed by atoms with E-state index >= 15 is 0 Å². The van der Waals surface area contributed by atoms with Gasteiger partial charge in [0.1, 0.15) is 0 Å². The minimum atomic E-state index is -0.277. The normalized spacial score (nSPS) is 13.9. The van der Waals surface area contributed by atoms with Crippen LogP contribution in [0, 0.1) is 0 Å². The van der Waals surface area contributed by atoms with Gasteiger partial charge in [0.25, 0.3) is 0 Å². The van der Waals surface area contributed by atoms with Crippen molar-refractivity contribution in [3.8, 4) is 0 Å². The lowest BCUT2D eigenvalue weighted by molar-refractivity contribution is -0.114. The predicted octanol–water partition coefficient (Wildman–Crippen LogP) is 4.85. The number of ether oxygens (including phenoxy) is 4. The van der Waals surface area contributed by atoms with Gasteiger partial charge in [0.2, 0.25) is 0 Å². The molecule has 0 atom stereocenters. The molecule has 23 heavy (non-hydrogen) atoms. The van der Waals surface area contributed by atoms with Crippen LogP contribution < -0.4 is 0 Å². The van der Waals surface area contributed by atoms with Gasteiger partial charge in [-0.05, 0) is 64.2 Å². The Morgan fingerprint density at radius 1 is 0.696 bits per heavy atom. The van der Waals surface area contributed by atoms with E-state index in [0.717, 1.165) is 18.4 Å². The second-order valence-corrected chi connectivity index (χ2v) is 5.12. The molecule has 0 N–H and O–H groups in total. The van der Waals surface area contributed by atoms with Crippen LogP contribution in [0.15, 0.2) is 22.8 Å². The van der Waals surface area contributed by atoms with Gasteiger partial charge in [0.05, 0.1) is 0 Å². The monoisotopic (exact) mass is 328 g/mol. The highest BCUT2D eigenvalue weighted by Crippen LogP contribution is 2.22. The van der Waals surface area contributed by atoms with Crippen LogP contribution >= 0.6 is 0 Å². The van der Waals surface area contributed by atoms with E-state index in [1.54, 1.807) is 0 Å². The van der Waals surface area contributed by atoms with E-state index in [9.17, 15) is 0 Å². The van der Waals surface area contributed by atoms with Crippen LogP contribution in [0.4, 0.5) is 0 Å². The second kappa shape index (κ2) is 13.7. The second-order valence-electron chi connectivity index (χ2n) is 5.12. The summed E-state index contributed by atoms with van der Waals surface area (Å²) in [6, 6.07) is 0. The van der Waals surface area contributed by atoms with Gasteiger partial charge in [0, 0.05) is 26.4 Å². The quantitative estimate of drug-likeness (QED) is 0.358. The fraction of sp³-hybridized carbons (Fsp3) is 0.789. The summed E-state index contributed by atoms with van der Waals surface area (Å²) in [6.45, 7) is 16.8. The zero-order chi connectivity index (χ0) is 17.7. The van der Waals surface area contributed by atoms with Gasteiger partial charge >= 0.3 is 0 Å². The largest absolute Gasteiger partial charge is 0.349 e. The highest BCUT2D eigenvalue weighted by atomic mass is 16.7. The molecular weight excluding hydrogens is 292 g/mol. The number of hydrogen-bond donors (Lipinski definition) is 0. The maximum absolute atomic E-state index is 5.76. The summed E-state index contributed by atoms with van der Waals surface area (Å²) in [4.78, 5) is 0. The minimum Gasteiger partial charge on any atom is -0.349 e. The number of hydrogen-bond acceptors (Lipinski definition) is 4. The van der Waals surface area contributed by atoms with Crippen molar-refractivity contribution in [1.82, 2.24) is 0 Å². The van der Waals surface area contributed by atoms with E-state index in [1.807, 2.05) is 27.7 Å². The molecule has 0 aromatic carbocycles. The SMILES string of the molecule is CCOC(OCC)C(=CC(C)=C(CC)C(OCC)OCC)CC. The molecule has 0 unspecified atom stereocenters. The molecule has 0 amide bonds. The molecule has 0 rings (SSSR count). The Hall–Kier alpha value is -0.680. The van der Waals surface area contributed by atoms with Gasteiger partial charge in [-0.1, -0.05) is 19.9 Å². The van der Waals surface area contributed by atoms with Gasteiger partial charge < -0.3 is 18.9 Å². The van der Waals surface area contributed by atoms with Crippen molar-refractivity contribution >= 4 is 0 Å². The van der Waals surface area contributed by atoms with Crippen LogP contribution in [0.5, 0.6) is 0 Å². The Labute approximate surface area is 142 Å². The van der Waals surface area contributed by atoms with Crippen molar-refractivity contribution in [2.45, 2.75) is 73.9 Å². The first-order valence-electron chi connectivity index (χ1n) is 8.95. The number of rotatable bonds is 13. The number of allylic oxidation sites excluding steroid dienone is 2. The Bertz CT molecular complexity index is 348. The first kappa shape index (κ1) is 22.3. The van der Waals surface area contributed by atoms with Crippen molar-refractivity contribution in [3.05, 3.63) is 22.8 Å². The maximum Gasteiger partial charge on any atom is 0.180 e. The molecule has 0 bridgehead atoms. The fourth-order valence-corrected chi connectivity index (χ4v) is 2.46. The van der Waals surface area contributed by atoms with E-state index in [-0.39, 0.29) is 12.6 Å². The lowest BCUT2D eigenvalue weighted by Gasteiger charge is -2.23. The van der Waals surface area contributed by atoms with Crippen molar-refractivity contribution < 1.29 is 18.9 Å². The van der Waals surface area contributed by atoms with Crippen LogP contribution in [0.1, 0.15) is 61.3 Å². The van der Waals surface area contributed by atoms with Crippen molar-refractivity contribution in [1.29, 1.82) is 0 Å². The zero-order valence-electron chi connectivity index (χ0n) is 16.1. The first-order chi connectivity index (χ1) is 11.1. The molecular formula is C19H36O4. The lowest BCUT2D eigenvalue weighted by Crippen LogP contribution is -2.22. The minimum absolute atomic E-state index is 0.276. The molecule has 4 nitrogen and oxygen atoms in total. The van der Waals surface area contributed by atoms with E-state index in [1.165, 1.54) is 11.1 Å². The molecule has 0 saturated heterocycles. The molecule has 4 heteroatoms. The summed E-state index contributed by atoms with van der Waals surface area (Å²) in [5.74, 6) is 0. The molecule has 0 aromatic heterocycles. The standard InChI is InChI=1S/C19H36O4/c1-8-16(18(20-10-3)21-11-4)14-15(7)17(9-2)19(22-12-5)23-13-6/h14,18-19H,8-13H2,1-7H3. The van der Waals surface area contributed by atoms with Gasteiger partial charge in [0.15, 0.2) is 12.6 Å². The molecule has 0 spiro atoms.